The van der Waals surface area contributed by atoms with Crippen LogP contribution in [0.4, 0.5) is 5.69 Å². The summed E-state index contributed by atoms with van der Waals surface area (Å²) in [6.45, 7) is 9.76. The molecule has 1 aliphatic heterocycles. The first-order valence-corrected chi connectivity index (χ1v) is 6.77. The van der Waals surface area contributed by atoms with Crippen LogP contribution in [0.3, 0.4) is 0 Å². The molecule has 0 amide bonds. The van der Waals surface area contributed by atoms with Crippen molar-refractivity contribution in [3.63, 3.8) is 0 Å². The molecule has 1 aromatic heterocycles. The maximum Gasteiger partial charge on any atom is 0.0755 e. The molecule has 4 heteroatoms. The van der Waals surface area contributed by atoms with Crippen LogP contribution in [-0.2, 0) is 6.54 Å². The van der Waals surface area contributed by atoms with Crippen molar-refractivity contribution in [1.82, 2.24) is 15.1 Å². The molecular formula is C13H24N4. The van der Waals surface area contributed by atoms with E-state index in [2.05, 4.69) is 42.3 Å². The first-order valence-electron chi connectivity index (χ1n) is 6.77. The van der Waals surface area contributed by atoms with Crippen LogP contribution in [0, 0.1) is 0 Å². The number of anilines is 1. The second-order valence-electron chi connectivity index (χ2n) is 4.95. The first-order chi connectivity index (χ1) is 8.24. The minimum absolute atomic E-state index is 0.553. The van der Waals surface area contributed by atoms with E-state index in [1.54, 1.807) is 0 Å². The minimum Gasteiger partial charge on any atom is -0.363 e. The van der Waals surface area contributed by atoms with Crippen LogP contribution in [0.15, 0.2) is 12.4 Å². The number of rotatable bonds is 4. The van der Waals surface area contributed by atoms with E-state index in [0.29, 0.717) is 12.1 Å². The van der Waals surface area contributed by atoms with Crippen molar-refractivity contribution >= 4 is 5.69 Å². The summed E-state index contributed by atoms with van der Waals surface area (Å²) in [5.41, 5.74) is 1.27. The Morgan fingerprint density at radius 3 is 2.94 bits per heavy atom. The van der Waals surface area contributed by atoms with Gasteiger partial charge < -0.3 is 10.2 Å². The Balaban J connectivity index is 2.06. The van der Waals surface area contributed by atoms with E-state index < -0.39 is 0 Å². The topological polar surface area (TPSA) is 33.1 Å². The van der Waals surface area contributed by atoms with Crippen molar-refractivity contribution < 1.29 is 0 Å². The van der Waals surface area contributed by atoms with Gasteiger partial charge in [-0.25, -0.2) is 0 Å². The molecule has 0 saturated carbocycles. The first kappa shape index (κ1) is 12.4. The summed E-state index contributed by atoms with van der Waals surface area (Å²) in [4.78, 5) is 2.48. The Labute approximate surface area is 104 Å². The maximum atomic E-state index is 4.37. The van der Waals surface area contributed by atoms with E-state index in [-0.39, 0.29) is 0 Å². The molecule has 96 valence electrons. The third kappa shape index (κ3) is 2.80. The van der Waals surface area contributed by atoms with Gasteiger partial charge in [-0.3, -0.25) is 4.68 Å². The molecule has 1 fully saturated rings. The van der Waals surface area contributed by atoms with E-state index in [4.69, 9.17) is 0 Å². The van der Waals surface area contributed by atoms with Gasteiger partial charge in [0.25, 0.3) is 0 Å². The van der Waals surface area contributed by atoms with Crippen LogP contribution in [0.1, 0.15) is 33.6 Å². The van der Waals surface area contributed by atoms with Gasteiger partial charge in [0.05, 0.1) is 11.9 Å². The van der Waals surface area contributed by atoms with Crippen molar-refractivity contribution in [2.24, 2.45) is 0 Å². The molecule has 0 aliphatic carbocycles. The molecule has 1 N–H and O–H groups in total. The fourth-order valence-electron chi connectivity index (χ4n) is 2.50. The van der Waals surface area contributed by atoms with Crippen LogP contribution in [0.5, 0.6) is 0 Å². The molecular weight excluding hydrogens is 212 g/mol. The Bertz CT molecular complexity index is 347. The second kappa shape index (κ2) is 5.54. The quantitative estimate of drug-likeness (QED) is 0.866. The Kier molecular flexibility index (Phi) is 4.05. The zero-order chi connectivity index (χ0) is 12.3. The van der Waals surface area contributed by atoms with Crippen molar-refractivity contribution in [3.05, 3.63) is 12.4 Å². The molecule has 2 heterocycles. The number of nitrogens with zero attached hydrogens (tertiary/aromatic N) is 3. The van der Waals surface area contributed by atoms with E-state index in [9.17, 15) is 0 Å². The standard InChI is InChI=1S/C13H24N4/c1-4-6-12-9-17(11(3)7-14-12)13-8-15-16(5-2)10-13/h8,10-12,14H,4-7,9H2,1-3H3. The monoisotopic (exact) mass is 236 g/mol. The van der Waals surface area contributed by atoms with Gasteiger partial charge in [0, 0.05) is 37.9 Å². The van der Waals surface area contributed by atoms with Gasteiger partial charge in [-0.1, -0.05) is 13.3 Å². The summed E-state index contributed by atoms with van der Waals surface area (Å²) in [7, 11) is 0. The lowest BCUT2D eigenvalue weighted by Crippen LogP contribution is -2.55. The van der Waals surface area contributed by atoms with Crippen LogP contribution in [0.2, 0.25) is 0 Å². The molecule has 1 aliphatic rings. The maximum absolute atomic E-state index is 4.37. The average molecular weight is 236 g/mol. The van der Waals surface area contributed by atoms with Gasteiger partial charge in [0.15, 0.2) is 0 Å². The zero-order valence-electron chi connectivity index (χ0n) is 11.2. The van der Waals surface area contributed by atoms with E-state index in [1.807, 2.05) is 10.9 Å². The smallest absolute Gasteiger partial charge is 0.0755 e. The van der Waals surface area contributed by atoms with E-state index >= 15 is 0 Å². The Hall–Kier alpha value is -1.03. The lowest BCUT2D eigenvalue weighted by atomic mass is 10.1. The number of aryl methyl sites for hydroxylation is 1. The lowest BCUT2D eigenvalue weighted by molar-refractivity contribution is 0.386. The highest BCUT2D eigenvalue weighted by molar-refractivity contribution is 5.44. The van der Waals surface area contributed by atoms with Crippen molar-refractivity contribution in [3.8, 4) is 0 Å². The van der Waals surface area contributed by atoms with Gasteiger partial charge in [0.2, 0.25) is 0 Å². The third-order valence-corrected chi connectivity index (χ3v) is 3.56. The van der Waals surface area contributed by atoms with E-state index in [1.165, 1.54) is 18.5 Å². The van der Waals surface area contributed by atoms with E-state index in [0.717, 1.165) is 19.6 Å². The van der Waals surface area contributed by atoms with Crippen LogP contribution in [0.25, 0.3) is 0 Å². The fourth-order valence-corrected chi connectivity index (χ4v) is 2.50. The molecule has 17 heavy (non-hydrogen) atoms. The molecule has 1 saturated heterocycles. The predicted octanol–water partition coefficient (Wildman–Crippen LogP) is 1.87. The number of hydrogen-bond acceptors (Lipinski definition) is 3. The van der Waals surface area contributed by atoms with Crippen molar-refractivity contribution in [2.45, 2.75) is 52.2 Å². The van der Waals surface area contributed by atoms with Crippen LogP contribution < -0.4 is 10.2 Å². The average Bonchev–Trinajstić information content (AvgIpc) is 2.80. The number of piperazine rings is 1. The minimum atomic E-state index is 0.553. The predicted molar refractivity (Wildman–Crippen MR) is 71.4 cm³/mol. The molecule has 4 nitrogen and oxygen atoms in total. The lowest BCUT2D eigenvalue weighted by Gasteiger charge is -2.39. The Morgan fingerprint density at radius 2 is 2.29 bits per heavy atom. The summed E-state index contributed by atoms with van der Waals surface area (Å²) < 4.78 is 2.00. The highest BCUT2D eigenvalue weighted by Gasteiger charge is 2.25. The molecule has 0 aromatic carbocycles. The molecule has 0 radical (unpaired) electrons. The zero-order valence-corrected chi connectivity index (χ0v) is 11.2. The summed E-state index contributed by atoms with van der Waals surface area (Å²) in [6, 6.07) is 1.18. The third-order valence-electron chi connectivity index (χ3n) is 3.56. The van der Waals surface area contributed by atoms with Gasteiger partial charge in [-0.2, -0.15) is 5.10 Å². The fraction of sp³-hybridized carbons (Fsp3) is 0.769. The van der Waals surface area contributed by atoms with Gasteiger partial charge in [-0.05, 0) is 20.3 Å². The molecule has 1 aromatic rings. The van der Waals surface area contributed by atoms with Crippen LogP contribution in [-0.4, -0.2) is 35.0 Å². The van der Waals surface area contributed by atoms with Crippen molar-refractivity contribution in [2.75, 3.05) is 18.0 Å². The van der Waals surface area contributed by atoms with Gasteiger partial charge in [-0.15, -0.1) is 0 Å². The largest absolute Gasteiger partial charge is 0.363 e. The molecule has 2 atom stereocenters. The SMILES string of the molecule is CCCC1CN(c2cnn(CC)c2)C(C)CN1. The molecule has 2 rings (SSSR count). The van der Waals surface area contributed by atoms with Crippen molar-refractivity contribution in [1.29, 1.82) is 0 Å². The highest BCUT2D eigenvalue weighted by atomic mass is 15.3. The number of nitrogens with one attached hydrogen (secondary N) is 1. The van der Waals surface area contributed by atoms with Gasteiger partial charge in [0.1, 0.15) is 0 Å². The molecule has 0 spiro atoms. The Morgan fingerprint density at radius 1 is 1.47 bits per heavy atom. The summed E-state index contributed by atoms with van der Waals surface area (Å²) in [5.74, 6) is 0. The summed E-state index contributed by atoms with van der Waals surface area (Å²) in [5, 5.41) is 7.99. The highest BCUT2D eigenvalue weighted by Crippen LogP contribution is 2.20. The number of hydrogen-bond donors (Lipinski definition) is 1. The normalized spacial score (nSPS) is 25.2. The number of aromatic nitrogens is 2. The summed E-state index contributed by atoms with van der Waals surface area (Å²) in [6.07, 6.45) is 6.65. The van der Waals surface area contributed by atoms with Crippen LogP contribution >= 0.6 is 0 Å². The second-order valence-corrected chi connectivity index (χ2v) is 4.95. The molecule has 2 unspecified atom stereocenters. The van der Waals surface area contributed by atoms with Gasteiger partial charge >= 0.3 is 0 Å². The summed E-state index contributed by atoms with van der Waals surface area (Å²) >= 11 is 0. The molecule has 0 bridgehead atoms.